The van der Waals surface area contributed by atoms with E-state index in [-0.39, 0.29) is 12.4 Å². The predicted octanol–water partition coefficient (Wildman–Crippen LogP) is 3.49. The van der Waals surface area contributed by atoms with Crippen LogP contribution in [0.15, 0.2) is 36.4 Å². The van der Waals surface area contributed by atoms with Gasteiger partial charge in [-0.15, -0.1) is 11.3 Å². The van der Waals surface area contributed by atoms with Crippen molar-refractivity contribution in [1.82, 2.24) is 5.32 Å². The Labute approximate surface area is 169 Å². The van der Waals surface area contributed by atoms with Crippen LogP contribution >= 0.6 is 11.3 Å². The van der Waals surface area contributed by atoms with Crippen LogP contribution < -0.4 is 5.32 Å². The van der Waals surface area contributed by atoms with Gasteiger partial charge in [-0.3, -0.25) is 9.59 Å². The highest BCUT2D eigenvalue weighted by molar-refractivity contribution is 7.14. The summed E-state index contributed by atoms with van der Waals surface area (Å²) in [6, 6.07) is 10.8. The van der Waals surface area contributed by atoms with E-state index in [2.05, 4.69) is 5.32 Å². The third-order valence-corrected chi connectivity index (χ3v) is 6.11. The summed E-state index contributed by atoms with van der Waals surface area (Å²) >= 11 is 1.47. The SMILES string of the molecule is CC(=O)[C@@H](Cc1ccccc1)NC(=O)COC(=O)c1cc2c(s1)CCCCC2. The van der Waals surface area contributed by atoms with Gasteiger partial charge in [-0.05, 0) is 56.2 Å². The zero-order chi connectivity index (χ0) is 19.9. The van der Waals surface area contributed by atoms with Crippen LogP contribution in [0.4, 0.5) is 0 Å². The summed E-state index contributed by atoms with van der Waals surface area (Å²) < 4.78 is 5.18. The number of amides is 1. The lowest BCUT2D eigenvalue weighted by molar-refractivity contribution is -0.128. The highest BCUT2D eigenvalue weighted by atomic mass is 32.1. The number of fused-ring (bicyclic) bond motifs is 1. The second kappa shape index (κ2) is 9.64. The van der Waals surface area contributed by atoms with Crippen LogP contribution in [0.3, 0.4) is 0 Å². The van der Waals surface area contributed by atoms with Crippen LogP contribution in [0, 0.1) is 0 Å². The Balaban J connectivity index is 1.52. The summed E-state index contributed by atoms with van der Waals surface area (Å²) in [5.41, 5.74) is 2.19. The molecule has 0 aliphatic heterocycles. The van der Waals surface area contributed by atoms with E-state index in [1.165, 1.54) is 35.1 Å². The third-order valence-electron chi connectivity index (χ3n) is 4.89. The van der Waals surface area contributed by atoms with Crippen LogP contribution in [0.25, 0.3) is 0 Å². The number of nitrogens with one attached hydrogen (secondary N) is 1. The molecule has 28 heavy (non-hydrogen) atoms. The molecule has 0 saturated heterocycles. The maximum absolute atomic E-state index is 12.3. The summed E-state index contributed by atoms with van der Waals surface area (Å²) in [6.45, 7) is 1.05. The monoisotopic (exact) mass is 399 g/mol. The average molecular weight is 400 g/mol. The van der Waals surface area contributed by atoms with Crippen molar-refractivity contribution in [2.45, 2.75) is 51.5 Å². The Morgan fingerprint density at radius 3 is 2.61 bits per heavy atom. The van der Waals surface area contributed by atoms with Crippen molar-refractivity contribution < 1.29 is 19.1 Å². The Kier molecular flexibility index (Phi) is 6.98. The molecule has 0 radical (unpaired) electrons. The molecule has 0 saturated carbocycles. The van der Waals surface area contributed by atoms with Gasteiger partial charge in [0.1, 0.15) is 4.88 Å². The molecule has 0 spiro atoms. The summed E-state index contributed by atoms with van der Waals surface area (Å²) in [5.74, 6) is -1.08. The molecule has 1 N–H and O–H groups in total. The number of ketones is 1. The molecule has 0 fully saturated rings. The molecular formula is C22H25NO4S. The lowest BCUT2D eigenvalue weighted by atomic mass is 10.0. The second-order valence-electron chi connectivity index (χ2n) is 7.12. The fraction of sp³-hybridized carbons (Fsp3) is 0.409. The second-order valence-corrected chi connectivity index (χ2v) is 8.25. The van der Waals surface area contributed by atoms with Gasteiger partial charge in [0.15, 0.2) is 12.4 Å². The molecule has 2 aromatic rings. The maximum Gasteiger partial charge on any atom is 0.348 e. The number of ether oxygens (including phenoxy) is 1. The maximum atomic E-state index is 12.3. The molecule has 1 aliphatic rings. The van der Waals surface area contributed by atoms with Crippen molar-refractivity contribution in [3.05, 3.63) is 57.3 Å². The number of aryl methyl sites for hydroxylation is 2. The topological polar surface area (TPSA) is 72.5 Å². The summed E-state index contributed by atoms with van der Waals surface area (Å²) in [5, 5.41) is 2.67. The van der Waals surface area contributed by atoms with Gasteiger partial charge < -0.3 is 10.1 Å². The number of carbonyl (C=O) groups is 3. The van der Waals surface area contributed by atoms with E-state index in [0.717, 1.165) is 31.2 Å². The number of benzene rings is 1. The molecule has 6 heteroatoms. The minimum atomic E-state index is -0.633. The highest BCUT2D eigenvalue weighted by Gasteiger charge is 2.21. The van der Waals surface area contributed by atoms with Crippen molar-refractivity contribution >= 4 is 29.0 Å². The summed E-state index contributed by atoms with van der Waals surface area (Å²) in [4.78, 5) is 38.2. The van der Waals surface area contributed by atoms with Crippen LogP contribution in [-0.4, -0.2) is 30.3 Å². The number of hydrogen-bond donors (Lipinski definition) is 1. The molecule has 1 amide bonds. The molecule has 0 bridgehead atoms. The van der Waals surface area contributed by atoms with E-state index in [9.17, 15) is 14.4 Å². The van der Waals surface area contributed by atoms with Gasteiger partial charge in [0.05, 0.1) is 6.04 Å². The predicted molar refractivity (Wildman–Crippen MR) is 109 cm³/mol. The van der Waals surface area contributed by atoms with Gasteiger partial charge in [-0.2, -0.15) is 0 Å². The minimum absolute atomic E-state index is 0.134. The average Bonchev–Trinajstić information content (AvgIpc) is 2.97. The van der Waals surface area contributed by atoms with Crippen LogP contribution in [0.5, 0.6) is 0 Å². The van der Waals surface area contributed by atoms with Gasteiger partial charge in [0.2, 0.25) is 0 Å². The van der Waals surface area contributed by atoms with E-state index in [1.807, 2.05) is 36.4 Å². The van der Waals surface area contributed by atoms with Crippen molar-refractivity contribution in [3.63, 3.8) is 0 Å². The lowest BCUT2D eigenvalue weighted by Gasteiger charge is -2.16. The number of thiophene rings is 1. The van der Waals surface area contributed by atoms with Gasteiger partial charge in [0, 0.05) is 4.88 Å². The molecule has 148 valence electrons. The van der Waals surface area contributed by atoms with Crippen LogP contribution in [0.2, 0.25) is 0 Å². The fourth-order valence-corrected chi connectivity index (χ4v) is 4.50. The van der Waals surface area contributed by atoms with Crippen LogP contribution in [-0.2, 0) is 33.6 Å². The van der Waals surface area contributed by atoms with Gasteiger partial charge in [0.25, 0.3) is 5.91 Å². The van der Waals surface area contributed by atoms with Crippen molar-refractivity contribution in [2.24, 2.45) is 0 Å². The number of hydrogen-bond acceptors (Lipinski definition) is 5. The summed E-state index contributed by atoms with van der Waals surface area (Å²) in [7, 11) is 0. The number of esters is 1. The Bertz CT molecular complexity index is 820. The lowest BCUT2D eigenvalue weighted by Crippen LogP contribution is -2.43. The normalized spacial score (nSPS) is 14.5. The highest BCUT2D eigenvalue weighted by Crippen LogP contribution is 2.29. The standard InChI is InChI=1S/C22H25NO4S/c1-15(24)18(12-16-8-4-2-5-9-16)23-21(25)14-27-22(26)20-13-17-10-6-3-7-11-19(17)28-20/h2,4-5,8-9,13,18H,3,6-7,10-12,14H2,1H3,(H,23,25)/t18-/m1/s1. The Hall–Kier alpha value is -2.47. The van der Waals surface area contributed by atoms with Gasteiger partial charge in [-0.1, -0.05) is 36.8 Å². The smallest absolute Gasteiger partial charge is 0.348 e. The first-order valence-electron chi connectivity index (χ1n) is 9.65. The van der Waals surface area contributed by atoms with Gasteiger partial charge in [-0.25, -0.2) is 4.79 Å². The van der Waals surface area contributed by atoms with Gasteiger partial charge >= 0.3 is 5.97 Å². The van der Waals surface area contributed by atoms with E-state index >= 15 is 0 Å². The van der Waals surface area contributed by atoms with E-state index in [0.29, 0.717) is 11.3 Å². The molecule has 1 atom stereocenters. The zero-order valence-electron chi connectivity index (χ0n) is 16.0. The number of Topliss-reactive ketones (excluding diaryl/α,β-unsaturated/α-hetero) is 1. The molecule has 3 rings (SSSR count). The van der Waals surface area contributed by atoms with Crippen molar-refractivity contribution in [2.75, 3.05) is 6.61 Å². The number of rotatable bonds is 7. The zero-order valence-corrected chi connectivity index (χ0v) is 16.8. The Morgan fingerprint density at radius 1 is 1.11 bits per heavy atom. The molecule has 1 aliphatic carbocycles. The quantitative estimate of drug-likeness (QED) is 0.571. The van der Waals surface area contributed by atoms with E-state index in [1.54, 1.807) is 0 Å². The fourth-order valence-electron chi connectivity index (χ4n) is 3.35. The first kappa shape index (κ1) is 20.3. The molecule has 1 heterocycles. The summed E-state index contributed by atoms with van der Waals surface area (Å²) in [6.07, 6.45) is 5.94. The molecule has 1 aromatic heterocycles. The minimum Gasteiger partial charge on any atom is -0.451 e. The Morgan fingerprint density at radius 2 is 1.86 bits per heavy atom. The van der Waals surface area contributed by atoms with Crippen molar-refractivity contribution in [1.29, 1.82) is 0 Å². The molecule has 5 nitrogen and oxygen atoms in total. The van der Waals surface area contributed by atoms with Crippen molar-refractivity contribution in [3.8, 4) is 0 Å². The number of carbonyl (C=O) groups excluding carboxylic acids is 3. The van der Waals surface area contributed by atoms with E-state index < -0.39 is 17.9 Å². The molecule has 1 aromatic carbocycles. The first-order chi connectivity index (χ1) is 13.5. The first-order valence-corrected chi connectivity index (χ1v) is 10.5. The van der Waals surface area contributed by atoms with Crippen LogP contribution in [0.1, 0.15) is 51.9 Å². The van der Waals surface area contributed by atoms with E-state index in [4.69, 9.17) is 4.74 Å². The largest absolute Gasteiger partial charge is 0.451 e. The molecular weight excluding hydrogens is 374 g/mol. The molecule has 0 unspecified atom stereocenters. The third kappa shape index (κ3) is 5.52.